The summed E-state index contributed by atoms with van der Waals surface area (Å²) >= 11 is 0. The molecule has 0 saturated carbocycles. The third-order valence-electron chi connectivity index (χ3n) is 6.19. The standard InChI is InChI=1S/C27H24FN3O5/c1-30(27(33)20-5-3-4-6-21(20)28)15-26(32)31-23(18-9-12-24-25(13-18)36-16-35-24)14-22(29-31)17-7-10-19(34-2)11-8-17/h3-13,23H,14-16H2,1-2H3. The molecule has 0 aliphatic carbocycles. The van der Waals surface area contributed by atoms with E-state index in [9.17, 15) is 14.0 Å². The quantitative estimate of drug-likeness (QED) is 0.523. The van der Waals surface area contributed by atoms with Gasteiger partial charge in [-0.25, -0.2) is 9.40 Å². The van der Waals surface area contributed by atoms with Gasteiger partial charge < -0.3 is 19.1 Å². The SMILES string of the molecule is COc1ccc(C2=NN(C(=O)CN(C)C(=O)c3ccccc3F)C(c3ccc4c(c3)OCO4)C2)cc1. The van der Waals surface area contributed by atoms with E-state index in [4.69, 9.17) is 14.2 Å². The highest BCUT2D eigenvalue weighted by atomic mass is 19.1. The third kappa shape index (κ3) is 4.47. The van der Waals surface area contributed by atoms with Crippen LogP contribution in [-0.4, -0.2) is 54.9 Å². The normalized spacial score (nSPS) is 16.0. The molecule has 0 N–H and O–H groups in total. The van der Waals surface area contributed by atoms with E-state index in [0.717, 1.165) is 16.8 Å². The maximum absolute atomic E-state index is 14.1. The number of methoxy groups -OCH3 is 1. The van der Waals surface area contributed by atoms with E-state index in [1.54, 1.807) is 19.2 Å². The first-order valence-electron chi connectivity index (χ1n) is 11.4. The number of hydrazone groups is 1. The summed E-state index contributed by atoms with van der Waals surface area (Å²) in [5, 5.41) is 6.03. The van der Waals surface area contributed by atoms with Gasteiger partial charge in [-0.2, -0.15) is 5.10 Å². The van der Waals surface area contributed by atoms with Gasteiger partial charge in [-0.1, -0.05) is 18.2 Å². The molecule has 0 spiro atoms. The van der Waals surface area contributed by atoms with E-state index in [-0.39, 0.29) is 18.9 Å². The molecule has 8 nitrogen and oxygen atoms in total. The summed E-state index contributed by atoms with van der Waals surface area (Å²) < 4.78 is 30.3. The van der Waals surface area contributed by atoms with E-state index in [1.165, 1.54) is 35.2 Å². The average molecular weight is 490 g/mol. The maximum atomic E-state index is 14.1. The first kappa shape index (κ1) is 23.3. The summed E-state index contributed by atoms with van der Waals surface area (Å²) in [6, 6.07) is 18.2. The lowest BCUT2D eigenvalue weighted by atomic mass is 9.98. The first-order valence-corrected chi connectivity index (χ1v) is 11.4. The topological polar surface area (TPSA) is 80.7 Å². The number of hydrogen-bond donors (Lipinski definition) is 0. The number of likely N-dealkylation sites (N-methyl/N-ethyl adjacent to an activating group) is 1. The number of fused-ring (bicyclic) bond motifs is 1. The number of benzene rings is 3. The summed E-state index contributed by atoms with van der Waals surface area (Å²) in [4.78, 5) is 27.4. The van der Waals surface area contributed by atoms with E-state index >= 15 is 0 Å². The van der Waals surface area contributed by atoms with Crippen LogP contribution in [0.2, 0.25) is 0 Å². The van der Waals surface area contributed by atoms with Crippen LogP contribution in [0.5, 0.6) is 17.2 Å². The van der Waals surface area contributed by atoms with Crippen molar-refractivity contribution in [1.82, 2.24) is 9.91 Å². The summed E-state index contributed by atoms with van der Waals surface area (Å²) in [5.74, 6) is 0.339. The van der Waals surface area contributed by atoms with Crippen LogP contribution in [-0.2, 0) is 4.79 Å². The molecule has 36 heavy (non-hydrogen) atoms. The number of amides is 2. The number of nitrogens with zero attached hydrogens (tertiary/aromatic N) is 3. The van der Waals surface area contributed by atoms with Crippen LogP contribution < -0.4 is 14.2 Å². The Balaban J connectivity index is 1.42. The van der Waals surface area contributed by atoms with Crippen LogP contribution in [0.1, 0.15) is 33.9 Å². The Hall–Kier alpha value is -4.40. The van der Waals surface area contributed by atoms with Crippen LogP contribution in [0, 0.1) is 5.82 Å². The lowest BCUT2D eigenvalue weighted by molar-refractivity contribution is -0.133. The second-order valence-electron chi connectivity index (χ2n) is 8.49. The molecule has 3 aromatic rings. The zero-order valence-electron chi connectivity index (χ0n) is 19.8. The molecule has 9 heteroatoms. The van der Waals surface area contributed by atoms with E-state index < -0.39 is 23.7 Å². The molecule has 2 heterocycles. The van der Waals surface area contributed by atoms with Crippen molar-refractivity contribution >= 4 is 17.5 Å². The highest BCUT2D eigenvalue weighted by molar-refractivity contribution is 6.04. The first-order chi connectivity index (χ1) is 17.4. The van der Waals surface area contributed by atoms with Gasteiger partial charge in [0.15, 0.2) is 11.5 Å². The molecule has 0 aromatic heterocycles. The fourth-order valence-corrected chi connectivity index (χ4v) is 4.27. The lowest BCUT2D eigenvalue weighted by Gasteiger charge is -2.25. The van der Waals surface area contributed by atoms with Crippen LogP contribution in [0.25, 0.3) is 0 Å². The van der Waals surface area contributed by atoms with Crippen LogP contribution in [0.15, 0.2) is 71.8 Å². The van der Waals surface area contributed by atoms with Crippen LogP contribution >= 0.6 is 0 Å². The zero-order valence-corrected chi connectivity index (χ0v) is 19.8. The highest BCUT2D eigenvalue weighted by Gasteiger charge is 2.35. The number of carbonyl (C=O) groups excluding carboxylic acids is 2. The van der Waals surface area contributed by atoms with Gasteiger partial charge >= 0.3 is 0 Å². The van der Waals surface area contributed by atoms with Crippen LogP contribution in [0.4, 0.5) is 4.39 Å². The fraction of sp³-hybridized carbons (Fsp3) is 0.222. The minimum atomic E-state index is -0.638. The van der Waals surface area contributed by atoms with Gasteiger partial charge in [0.2, 0.25) is 6.79 Å². The van der Waals surface area contributed by atoms with Crippen molar-refractivity contribution in [2.75, 3.05) is 27.5 Å². The van der Waals surface area contributed by atoms with E-state index in [1.807, 2.05) is 36.4 Å². The molecule has 0 bridgehead atoms. The van der Waals surface area contributed by atoms with Gasteiger partial charge in [-0.05, 0) is 59.7 Å². The molecule has 1 atom stereocenters. The second kappa shape index (κ2) is 9.69. The molecule has 0 radical (unpaired) electrons. The summed E-state index contributed by atoms with van der Waals surface area (Å²) in [6.45, 7) is -0.129. The maximum Gasteiger partial charge on any atom is 0.262 e. The van der Waals surface area contributed by atoms with Crippen molar-refractivity contribution in [3.8, 4) is 17.2 Å². The van der Waals surface area contributed by atoms with Gasteiger partial charge in [0.25, 0.3) is 11.8 Å². The molecule has 5 rings (SSSR count). The molecule has 0 fully saturated rings. The Bertz CT molecular complexity index is 1340. The van der Waals surface area contributed by atoms with E-state index in [2.05, 4.69) is 5.10 Å². The van der Waals surface area contributed by atoms with Gasteiger partial charge in [-0.15, -0.1) is 0 Å². The minimum Gasteiger partial charge on any atom is -0.497 e. The third-order valence-corrected chi connectivity index (χ3v) is 6.19. The Morgan fingerprint density at radius 2 is 1.83 bits per heavy atom. The number of hydrogen-bond acceptors (Lipinski definition) is 6. The molecule has 2 aliphatic rings. The summed E-state index contributed by atoms with van der Waals surface area (Å²) in [6.07, 6.45) is 0.461. The predicted molar refractivity (Wildman–Crippen MR) is 130 cm³/mol. The van der Waals surface area contributed by atoms with Gasteiger partial charge in [0, 0.05) is 13.5 Å². The van der Waals surface area contributed by atoms with Crippen molar-refractivity contribution < 1.29 is 28.2 Å². The molecule has 0 saturated heterocycles. The summed E-state index contributed by atoms with van der Waals surface area (Å²) in [5.41, 5.74) is 2.30. The van der Waals surface area contributed by atoms with E-state index in [0.29, 0.717) is 23.7 Å². The average Bonchev–Trinajstić information content (AvgIpc) is 3.55. The smallest absolute Gasteiger partial charge is 0.262 e. The Morgan fingerprint density at radius 3 is 2.58 bits per heavy atom. The minimum absolute atomic E-state index is 0.0935. The highest BCUT2D eigenvalue weighted by Crippen LogP contribution is 2.39. The Kier molecular flexibility index (Phi) is 6.28. The largest absolute Gasteiger partial charge is 0.497 e. The molecular weight excluding hydrogens is 465 g/mol. The lowest BCUT2D eigenvalue weighted by Crippen LogP contribution is -2.39. The summed E-state index contributed by atoms with van der Waals surface area (Å²) in [7, 11) is 3.06. The molecule has 2 amide bonds. The number of ether oxygens (including phenoxy) is 3. The van der Waals surface area contributed by atoms with Crippen molar-refractivity contribution in [3.05, 3.63) is 89.2 Å². The molecule has 3 aromatic carbocycles. The number of carbonyl (C=O) groups is 2. The van der Waals surface area contributed by atoms with Gasteiger partial charge in [-0.3, -0.25) is 9.59 Å². The Labute approximate surface area is 207 Å². The number of rotatable bonds is 6. The molecular formula is C27H24FN3O5. The molecule has 1 unspecified atom stereocenters. The fourth-order valence-electron chi connectivity index (χ4n) is 4.27. The number of halogens is 1. The van der Waals surface area contributed by atoms with Gasteiger partial charge in [0.05, 0.1) is 24.4 Å². The van der Waals surface area contributed by atoms with Crippen molar-refractivity contribution in [3.63, 3.8) is 0 Å². The van der Waals surface area contributed by atoms with Crippen LogP contribution in [0.3, 0.4) is 0 Å². The van der Waals surface area contributed by atoms with Crippen molar-refractivity contribution in [2.45, 2.75) is 12.5 Å². The van der Waals surface area contributed by atoms with Gasteiger partial charge in [0.1, 0.15) is 18.1 Å². The van der Waals surface area contributed by atoms with Crippen molar-refractivity contribution in [1.29, 1.82) is 0 Å². The predicted octanol–water partition coefficient (Wildman–Crippen LogP) is 4.01. The second-order valence-corrected chi connectivity index (χ2v) is 8.49. The van der Waals surface area contributed by atoms with Crippen molar-refractivity contribution in [2.24, 2.45) is 5.10 Å². The Morgan fingerprint density at radius 1 is 1.08 bits per heavy atom. The molecule has 184 valence electrons. The zero-order chi connectivity index (χ0) is 25.2. The monoisotopic (exact) mass is 489 g/mol. The molecule has 2 aliphatic heterocycles.